The van der Waals surface area contributed by atoms with Gasteiger partial charge in [-0.25, -0.2) is 0 Å². The van der Waals surface area contributed by atoms with Crippen molar-refractivity contribution in [1.82, 2.24) is 10.2 Å². The SMILES string of the molecule is CC(C)CN=C(N)NCCN1CCSCC1. The molecule has 1 saturated heterocycles. The Morgan fingerprint density at radius 3 is 2.75 bits per heavy atom. The second-order valence-corrected chi connectivity index (χ2v) is 5.73. The van der Waals surface area contributed by atoms with Gasteiger partial charge in [-0.2, -0.15) is 11.8 Å². The molecular weight excluding hydrogens is 220 g/mol. The third kappa shape index (κ3) is 6.23. The van der Waals surface area contributed by atoms with E-state index in [1.54, 1.807) is 0 Å². The van der Waals surface area contributed by atoms with Gasteiger partial charge in [0.1, 0.15) is 0 Å². The minimum Gasteiger partial charge on any atom is -0.370 e. The largest absolute Gasteiger partial charge is 0.370 e. The molecule has 0 aromatic rings. The lowest BCUT2D eigenvalue weighted by Gasteiger charge is -2.26. The predicted octanol–water partition coefficient (Wildman–Crippen LogP) is 0.596. The summed E-state index contributed by atoms with van der Waals surface area (Å²) in [6.07, 6.45) is 0. The van der Waals surface area contributed by atoms with Gasteiger partial charge in [-0.3, -0.25) is 9.89 Å². The second-order valence-electron chi connectivity index (χ2n) is 4.50. The fourth-order valence-corrected chi connectivity index (χ4v) is 2.48. The van der Waals surface area contributed by atoms with Crippen molar-refractivity contribution in [3.63, 3.8) is 0 Å². The third-order valence-corrected chi connectivity index (χ3v) is 3.41. The van der Waals surface area contributed by atoms with E-state index >= 15 is 0 Å². The molecule has 0 saturated carbocycles. The van der Waals surface area contributed by atoms with Crippen molar-refractivity contribution < 1.29 is 0 Å². The zero-order valence-electron chi connectivity index (χ0n) is 10.4. The summed E-state index contributed by atoms with van der Waals surface area (Å²) in [5, 5.41) is 3.16. The monoisotopic (exact) mass is 244 g/mol. The molecule has 0 bridgehead atoms. The number of thioether (sulfide) groups is 1. The van der Waals surface area contributed by atoms with Crippen molar-refractivity contribution in [2.24, 2.45) is 16.6 Å². The van der Waals surface area contributed by atoms with Crippen LogP contribution in [0.2, 0.25) is 0 Å². The lowest BCUT2D eigenvalue weighted by atomic mass is 10.2. The van der Waals surface area contributed by atoms with Gasteiger partial charge in [0, 0.05) is 44.2 Å². The van der Waals surface area contributed by atoms with E-state index in [9.17, 15) is 0 Å². The quantitative estimate of drug-likeness (QED) is 0.549. The topological polar surface area (TPSA) is 53.6 Å². The average molecular weight is 244 g/mol. The maximum absolute atomic E-state index is 5.75. The molecule has 1 fully saturated rings. The highest BCUT2D eigenvalue weighted by atomic mass is 32.2. The molecule has 0 amide bonds. The molecule has 1 heterocycles. The minimum atomic E-state index is 0.569. The maximum Gasteiger partial charge on any atom is 0.188 e. The normalized spacial score (nSPS) is 19.1. The number of guanidine groups is 1. The fraction of sp³-hybridized carbons (Fsp3) is 0.909. The van der Waals surface area contributed by atoms with E-state index in [2.05, 4.69) is 29.1 Å². The van der Waals surface area contributed by atoms with Gasteiger partial charge in [0.25, 0.3) is 0 Å². The summed E-state index contributed by atoms with van der Waals surface area (Å²) >= 11 is 2.04. The first kappa shape index (κ1) is 13.6. The van der Waals surface area contributed by atoms with Crippen LogP contribution in [0.4, 0.5) is 0 Å². The van der Waals surface area contributed by atoms with Crippen LogP contribution in [-0.4, -0.2) is 55.1 Å². The van der Waals surface area contributed by atoms with Gasteiger partial charge in [0.2, 0.25) is 0 Å². The number of nitrogens with one attached hydrogen (secondary N) is 1. The summed E-state index contributed by atoms with van der Waals surface area (Å²) in [5.74, 6) is 3.67. The van der Waals surface area contributed by atoms with Crippen LogP contribution in [0.3, 0.4) is 0 Å². The van der Waals surface area contributed by atoms with Crippen molar-refractivity contribution in [1.29, 1.82) is 0 Å². The molecule has 0 aliphatic carbocycles. The lowest BCUT2D eigenvalue weighted by molar-refractivity contribution is 0.307. The van der Waals surface area contributed by atoms with Gasteiger partial charge >= 0.3 is 0 Å². The Morgan fingerprint density at radius 1 is 1.44 bits per heavy atom. The van der Waals surface area contributed by atoms with Gasteiger partial charge < -0.3 is 11.1 Å². The Bertz CT molecular complexity index is 212. The fourth-order valence-electron chi connectivity index (χ4n) is 1.50. The number of hydrogen-bond acceptors (Lipinski definition) is 3. The first-order valence-corrected chi connectivity index (χ1v) is 7.18. The highest BCUT2D eigenvalue weighted by Crippen LogP contribution is 2.07. The van der Waals surface area contributed by atoms with Crippen molar-refractivity contribution in [3.8, 4) is 0 Å². The van der Waals surface area contributed by atoms with Crippen LogP contribution in [0.25, 0.3) is 0 Å². The summed E-state index contributed by atoms with van der Waals surface area (Å²) in [7, 11) is 0. The Hall–Kier alpha value is -0.420. The summed E-state index contributed by atoms with van der Waals surface area (Å²) in [6, 6.07) is 0. The molecule has 3 N–H and O–H groups in total. The first-order valence-electron chi connectivity index (χ1n) is 6.02. The number of aliphatic imine (C=N–C) groups is 1. The summed E-state index contributed by atoms with van der Waals surface area (Å²) in [6.45, 7) is 9.46. The molecule has 1 rings (SSSR count). The van der Waals surface area contributed by atoms with E-state index in [-0.39, 0.29) is 0 Å². The molecule has 0 unspecified atom stereocenters. The van der Waals surface area contributed by atoms with Crippen molar-refractivity contribution >= 4 is 17.7 Å². The highest BCUT2D eigenvalue weighted by Gasteiger charge is 2.09. The van der Waals surface area contributed by atoms with Gasteiger partial charge in [-0.15, -0.1) is 0 Å². The smallest absolute Gasteiger partial charge is 0.188 e. The molecule has 1 aliphatic heterocycles. The molecular formula is C11H24N4S. The van der Waals surface area contributed by atoms with E-state index in [0.29, 0.717) is 11.9 Å². The molecule has 0 radical (unpaired) electrons. The molecule has 0 aromatic carbocycles. The summed E-state index contributed by atoms with van der Waals surface area (Å²) in [4.78, 5) is 6.74. The van der Waals surface area contributed by atoms with E-state index < -0.39 is 0 Å². The number of nitrogens with two attached hydrogens (primary N) is 1. The van der Waals surface area contributed by atoms with E-state index in [1.807, 2.05) is 11.8 Å². The molecule has 4 nitrogen and oxygen atoms in total. The summed E-state index contributed by atoms with van der Waals surface area (Å²) in [5.41, 5.74) is 5.75. The zero-order chi connectivity index (χ0) is 11.8. The van der Waals surface area contributed by atoms with Crippen molar-refractivity contribution in [2.45, 2.75) is 13.8 Å². The van der Waals surface area contributed by atoms with Gasteiger partial charge in [-0.05, 0) is 5.92 Å². The molecule has 16 heavy (non-hydrogen) atoms. The molecule has 5 heteroatoms. The molecule has 1 aliphatic rings. The Morgan fingerprint density at radius 2 is 2.12 bits per heavy atom. The Labute approximate surface area is 103 Å². The third-order valence-electron chi connectivity index (χ3n) is 2.46. The van der Waals surface area contributed by atoms with E-state index in [4.69, 9.17) is 5.73 Å². The van der Waals surface area contributed by atoms with Gasteiger partial charge in [0.15, 0.2) is 5.96 Å². The number of rotatable bonds is 5. The molecule has 0 spiro atoms. The standard InChI is InChI=1S/C11H24N4S/c1-10(2)9-14-11(12)13-3-4-15-5-7-16-8-6-15/h10H,3-9H2,1-2H3,(H3,12,13,14). The van der Waals surface area contributed by atoms with E-state index in [0.717, 1.165) is 19.6 Å². The van der Waals surface area contributed by atoms with Crippen molar-refractivity contribution in [2.75, 3.05) is 44.2 Å². The molecule has 0 aromatic heterocycles. The highest BCUT2D eigenvalue weighted by molar-refractivity contribution is 7.99. The maximum atomic E-state index is 5.75. The van der Waals surface area contributed by atoms with Gasteiger partial charge in [-0.1, -0.05) is 13.8 Å². The Kier molecular flexibility index (Phi) is 6.64. The number of hydrogen-bond donors (Lipinski definition) is 2. The predicted molar refractivity (Wildman–Crippen MR) is 73.1 cm³/mol. The Balaban J connectivity index is 2.07. The van der Waals surface area contributed by atoms with Crippen LogP contribution < -0.4 is 11.1 Å². The van der Waals surface area contributed by atoms with Crippen LogP contribution in [0.5, 0.6) is 0 Å². The van der Waals surface area contributed by atoms with Crippen LogP contribution in [-0.2, 0) is 0 Å². The van der Waals surface area contributed by atoms with Crippen molar-refractivity contribution in [3.05, 3.63) is 0 Å². The van der Waals surface area contributed by atoms with Crippen LogP contribution in [0.1, 0.15) is 13.8 Å². The van der Waals surface area contributed by atoms with Crippen LogP contribution >= 0.6 is 11.8 Å². The second kappa shape index (κ2) is 7.79. The lowest BCUT2D eigenvalue weighted by Crippen LogP contribution is -2.41. The number of nitrogens with zero attached hydrogens (tertiary/aromatic N) is 2. The first-order chi connectivity index (χ1) is 7.68. The van der Waals surface area contributed by atoms with Gasteiger partial charge in [0.05, 0.1) is 0 Å². The van der Waals surface area contributed by atoms with Crippen LogP contribution in [0.15, 0.2) is 4.99 Å². The van der Waals surface area contributed by atoms with E-state index in [1.165, 1.54) is 24.6 Å². The molecule has 94 valence electrons. The molecule has 0 atom stereocenters. The average Bonchev–Trinajstić information content (AvgIpc) is 2.28. The van der Waals surface area contributed by atoms with Crippen LogP contribution in [0, 0.1) is 5.92 Å². The zero-order valence-corrected chi connectivity index (χ0v) is 11.2. The minimum absolute atomic E-state index is 0.569. The summed E-state index contributed by atoms with van der Waals surface area (Å²) < 4.78 is 0.